The second kappa shape index (κ2) is 10.7. The van der Waals surface area contributed by atoms with Crippen LogP contribution >= 0.6 is 0 Å². The molecular weight excluding hydrogens is 428 g/mol. The van der Waals surface area contributed by atoms with Gasteiger partial charge in [0.25, 0.3) is 0 Å². The van der Waals surface area contributed by atoms with Gasteiger partial charge in [0.2, 0.25) is 0 Å². The summed E-state index contributed by atoms with van der Waals surface area (Å²) >= 11 is 0. The van der Waals surface area contributed by atoms with Gasteiger partial charge in [0.15, 0.2) is 0 Å². The molecule has 0 bridgehead atoms. The number of fused-ring (bicyclic) bond motifs is 1. The van der Waals surface area contributed by atoms with Crippen molar-refractivity contribution in [2.24, 2.45) is 11.3 Å². The standard InChI is InChI=1S/C26H40N6O2/c1-4-5-8-26(2,3)17-32-15-19(14-29-32)21-7-6-20(12-27)30-24(21)18-11-22-23(28-13-18)16-31(9-10-33)25(22)34/h6-7,11-13,19,24-25,27,29-30,33-34H,4-5,8-10,14-17H2,1-3H3. The minimum absolute atomic E-state index is 0.00287. The Hall–Kier alpha value is -2.10. The summed E-state index contributed by atoms with van der Waals surface area (Å²) < 4.78 is 0. The summed E-state index contributed by atoms with van der Waals surface area (Å²) in [6, 6.07) is 1.94. The number of dihydropyridines is 1. The van der Waals surface area contributed by atoms with Crippen molar-refractivity contribution in [2.75, 3.05) is 32.8 Å². The number of allylic oxidation sites excluding steroid dienone is 3. The lowest BCUT2D eigenvalue weighted by atomic mass is 9.85. The number of rotatable bonds is 10. The second-order valence-corrected chi connectivity index (χ2v) is 10.6. The van der Waals surface area contributed by atoms with Crippen LogP contribution in [0.5, 0.6) is 0 Å². The molecule has 0 saturated carbocycles. The average molecular weight is 469 g/mol. The van der Waals surface area contributed by atoms with Crippen molar-refractivity contribution >= 4 is 6.21 Å². The number of hydrogen-bond acceptors (Lipinski definition) is 8. The van der Waals surface area contributed by atoms with Crippen LogP contribution in [-0.2, 0) is 6.54 Å². The largest absolute Gasteiger partial charge is 0.395 e. The molecule has 34 heavy (non-hydrogen) atoms. The number of pyridine rings is 1. The summed E-state index contributed by atoms with van der Waals surface area (Å²) in [4.78, 5) is 6.50. The quantitative estimate of drug-likeness (QED) is 0.336. The van der Waals surface area contributed by atoms with Gasteiger partial charge in [0, 0.05) is 56.6 Å². The van der Waals surface area contributed by atoms with Crippen molar-refractivity contribution in [3.8, 4) is 0 Å². The highest BCUT2D eigenvalue weighted by atomic mass is 16.3. The maximum atomic E-state index is 10.8. The van der Waals surface area contributed by atoms with Crippen LogP contribution in [0.4, 0.5) is 0 Å². The molecule has 5 N–H and O–H groups in total. The van der Waals surface area contributed by atoms with Gasteiger partial charge in [-0.3, -0.25) is 15.3 Å². The fourth-order valence-electron chi connectivity index (χ4n) is 5.39. The lowest BCUT2D eigenvalue weighted by molar-refractivity contribution is 0.00370. The van der Waals surface area contributed by atoms with Crippen LogP contribution in [-0.4, -0.2) is 64.1 Å². The molecule has 0 aliphatic carbocycles. The zero-order valence-corrected chi connectivity index (χ0v) is 20.7. The summed E-state index contributed by atoms with van der Waals surface area (Å²) in [5.74, 6) is 0.340. The summed E-state index contributed by atoms with van der Waals surface area (Å²) in [6.07, 6.45) is 10.3. The number of β-amino-alcohol motifs (C(OH)–C–C–N with tert-alkyl or cyclic N) is 1. The molecule has 0 radical (unpaired) electrons. The minimum Gasteiger partial charge on any atom is -0.395 e. The van der Waals surface area contributed by atoms with E-state index in [4.69, 9.17) is 5.41 Å². The number of hydrogen-bond donors (Lipinski definition) is 5. The Balaban J connectivity index is 1.52. The molecule has 1 fully saturated rings. The van der Waals surface area contributed by atoms with Crippen molar-refractivity contribution in [2.45, 2.75) is 58.8 Å². The molecule has 1 aromatic heterocycles. The van der Waals surface area contributed by atoms with Crippen LogP contribution < -0.4 is 10.7 Å². The van der Waals surface area contributed by atoms with Crippen LogP contribution in [0.25, 0.3) is 0 Å². The number of nitrogens with one attached hydrogen (secondary N) is 3. The van der Waals surface area contributed by atoms with Crippen LogP contribution in [0.1, 0.15) is 69.1 Å². The maximum Gasteiger partial charge on any atom is 0.135 e. The Morgan fingerprint density at radius 3 is 2.88 bits per heavy atom. The van der Waals surface area contributed by atoms with Crippen molar-refractivity contribution < 1.29 is 10.2 Å². The molecule has 3 aliphatic heterocycles. The molecule has 0 spiro atoms. The highest BCUT2D eigenvalue weighted by molar-refractivity contribution is 5.76. The van der Waals surface area contributed by atoms with E-state index in [1.807, 2.05) is 23.2 Å². The average Bonchev–Trinajstić information content (AvgIpc) is 3.41. The molecule has 8 nitrogen and oxygen atoms in total. The molecule has 186 valence electrons. The number of hydrazine groups is 1. The van der Waals surface area contributed by atoms with Gasteiger partial charge in [0.05, 0.1) is 24.0 Å². The van der Waals surface area contributed by atoms with Crippen LogP contribution in [0.15, 0.2) is 35.7 Å². The van der Waals surface area contributed by atoms with Crippen molar-refractivity contribution in [3.63, 3.8) is 0 Å². The van der Waals surface area contributed by atoms with Gasteiger partial charge in [-0.1, -0.05) is 39.7 Å². The predicted octanol–water partition coefficient (Wildman–Crippen LogP) is 2.64. The summed E-state index contributed by atoms with van der Waals surface area (Å²) in [5, 5.41) is 33.7. The van der Waals surface area contributed by atoms with Gasteiger partial charge in [-0.25, -0.2) is 5.01 Å². The zero-order chi connectivity index (χ0) is 24.3. The topological polar surface area (TPSA) is 108 Å². The first-order chi connectivity index (χ1) is 16.3. The third-order valence-electron chi connectivity index (χ3n) is 7.28. The fraction of sp³-hybridized carbons (Fsp3) is 0.615. The fourth-order valence-corrected chi connectivity index (χ4v) is 5.39. The first-order valence-electron chi connectivity index (χ1n) is 12.5. The monoisotopic (exact) mass is 468 g/mol. The molecule has 3 aliphatic rings. The number of aliphatic hydroxyl groups is 2. The van der Waals surface area contributed by atoms with E-state index in [-0.39, 0.29) is 18.1 Å². The Labute approximate surface area is 203 Å². The van der Waals surface area contributed by atoms with Gasteiger partial charge in [0.1, 0.15) is 6.23 Å². The molecule has 4 rings (SSSR count). The lowest BCUT2D eigenvalue weighted by Gasteiger charge is -2.32. The Bertz CT molecular complexity index is 943. The molecule has 0 aromatic carbocycles. The third-order valence-corrected chi connectivity index (χ3v) is 7.28. The number of aliphatic hydroxyl groups excluding tert-OH is 2. The van der Waals surface area contributed by atoms with E-state index >= 15 is 0 Å². The van der Waals surface area contributed by atoms with Crippen LogP contribution in [0.2, 0.25) is 0 Å². The number of nitrogens with zero attached hydrogens (tertiary/aromatic N) is 3. The molecule has 3 unspecified atom stereocenters. The van der Waals surface area contributed by atoms with E-state index in [2.05, 4.69) is 47.6 Å². The van der Waals surface area contributed by atoms with Gasteiger partial charge in [-0.05, 0) is 35.1 Å². The van der Waals surface area contributed by atoms with Crippen molar-refractivity contribution in [1.29, 1.82) is 5.41 Å². The minimum atomic E-state index is -0.752. The molecule has 4 heterocycles. The molecule has 8 heteroatoms. The Morgan fingerprint density at radius 1 is 1.32 bits per heavy atom. The van der Waals surface area contributed by atoms with E-state index in [1.54, 1.807) is 0 Å². The zero-order valence-electron chi connectivity index (χ0n) is 20.7. The van der Waals surface area contributed by atoms with Gasteiger partial charge < -0.3 is 20.9 Å². The van der Waals surface area contributed by atoms with E-state index in [0.29, 0.717) is 19.0 Å². The lowest BCUT2D eigenvalue weighted by Crippen LogP contribution is -2.39. The van der Waals surface area contributed by atoms with Crippen molar-refractivity contribution in [1.82, 2.24) is 25.6 Å². The Kier molecular flexibility index (Phi) is 7.84. The maximum absolute atomic E-state index is 10.8. The van der Waals surface area contributed by atoms with Gasteiger partial charge in [-0.15, -0.1) is 0 Å². The Morgan fingerprint density at radius 2 is 2.15 bits per heavy atom. The van der Waals surface area contributed by atoms with E-state index < -0.39 is 6.23 Å². The third kappa shape index (κ3) is 5.42. The molecule has 1 saturated heterocycles. The van der Waals surface area contributed by atoms with E-state index in [0.717, 1.165) is 42.2 Å². The highest BCUT2D eigenvalue weighted by Gasteiger charge is 2.35. The second-order valence-electron chi connectivity index (χ2n) is 10.6. The molecule has 3 atom stereocenters. The predicted molar refractivity (Wildman–Crippen MR) is 134 cm³/mol. The van der Waals surface area contributed by atoms with Crippen LogP contribution in [0, 0.1) is 16.7 Å². The van der Waals surface area contributed by atoms with E-state index in [1.165, 1.54) is 31.1 Å². The van der Waals surface area contributed by atoms with Crippen molar-refractivity contribution in [3.05, 3.63) is 52.5 Å². The summed E-state index contributed by atoms with van der Waals surface area (Å²) in [7, 11) is 0. The molecule has 1 aromatic rings. The molecule has 0 amide bonds. The number of aromatic nitrogens is 1. The SMILES string of the molecule is CCCCC(C)(C)CN1CC(C2=CC=C(C=N)NC2c2cnc3c(c2)C(O)N(CCO)C3)CN1. The summed E-state index contributed by atoms with van der Waals surface area (Å²) in [5.41, 5.74) is 8.57. The number of unbranched alkanes of at least 4 members (excludes halogenated alkanes) is 1. The smallest absolute Gasteiger partial charge is 0.135 e. The normalized spacial score (nSPS) is 25.6. The molecular formula is C26H40N6O2. The first kappa shape index (κ1) is 25.0. The van der Waals surface area contributed by atoms with Crippen LogP contribution in [0.3, 0.4) is 0 Å². The van der Waals surface area contributed by atoms with Gasteiger partial charge in [-0.2, -0.15) is 0 Å². The van der Waals surface area contributed by atoms with E-state index in [9.17, 15) is 10.2 Å². The highest BCUT2D eigenvalue weighted by Crippen LogP contribution is 2.37. The van der Waals surface area contributed by atoms with Gasteiger partial charge >= 0.3 is 0 Å². The summed E-state index contributed by atoms with van der Waals surface area (Å²) in [6.45, 7) is 10.7. The first-order valence-corrected chi connectivity index (χ1v) is 12.5.